The lowest BCUT2D eigenvalue weighted by molar-refractivity contribution is 0.184. The fraction of sp³-hybridized carbons (Fsp3) is 0.250. The minimum absolute atomic E-state index is 0.0510. The first-order valence-electron chi connectivity index (χ1n) is 6.19. The summed E-state index contributed by atoms with van der Waals surface area (Å²) in [6, 6.07) is 13.5. The van der Waals surface area contributed by atoms with E-state index in [0.29, 0.717) is 6.61 Å². The number of ether oxygens (including phenoxy) is 2. The molecule has 0 heterocycles. The Hall–Kier alpha value is -1.84. The minimum Gasteiger partial charge on any atom is -0.457 e. The third kappa shape index (κ3) is 3.56. The van der Waals surface area contributed by atoms with E-state index in [1.165, 1.54) is 0 Å². The summed E-state index contributed by atoms with van der Waals surface area (Å²) in [6.07, 6.45) is 0. The van der Waals surface area contributed by atoms with Gasteiger partial charge in [-0.1, -0.05) is 18.2 Å². The van der Waals surface area contributed by atoms with Crippen molar-refractivity contribution in [3.8, 4) is 11.5 Å². The molecule has 2 aromatic carbocycles. The average molecular weight is 258 g/mol. The Labute approximate surface area is 113 Å². The van der Waals surface area contributed by atoms with E-state index in [2.05, 4.69) is 0 Å². The molecule has 3 nitrogen and oxygen atoms in total. The fourth-order valence-electron chi connectivity index (χ4n) is 1.91. The van der Waals surface area contributed by atoms with Gasteiger partial charge in [0.2, 0.25) is 0 Å². The molecule has 100 valence electrons. The highest BCUT2D eigenvalue weighted by atomic mass is 16.5. The highest BCUT2D eigenvalue weighted by molar-refractivity contribution is 5.38. The molecule has 0 amide bonds. The van der Waals surface area contributed by atoms with Crippen molar-refractivity contribution < 1.29 is 14.6 Å². The third-order valence-electron chi connectivity index (χ3n) is 2.93. The van der Waals surface area contributed by atoms with Crippen LogP contribution in [0.3, 0.4) is 0 Å². The number of hydrogen-bond donors (Lipinski definition) is 1. The van der Waals surface area contributed by atoms with Crippen molar-refractivity contribution >= 4 is 0 Å². The summed E-state index contributed by atoms with van der Waals surface area (Å²) in [6.45, 7) is 2.58. The Kier molecular flexibility index (Phi) is 4.55. The van der Waals surface area contributed by atoms with Crippen LogP contribution in [0.25, 0.3) is 0 Å². The maximum Gasteiger partial charge on any atom is 0.127 e. The molecule has 2 rings (SSSR count). The van der Waals surface area contributed by atoms with Crippen LogP contribution in [-0.2, 0) is 18.0 Å². The van der Waals surface area contributed by atoms with Gasteiger partial charge in [-0.05, 0) is 47.9 Å². The zero-order valence-corrected chi connectivity index (χ0v) is 11.2. The van der Waals surface area contributed by atoms with Gasteiger partial charge in [-0.2, -0.15) is 0 Å². The predicted octanol–water partition coefficient (Wildman–Crippen LogP) is 3.43. The van der Waals surface area contributed by atoms with Crippen LogP contribution in [0.15, 0.2) is 42.5 Å². The van der Waals surface area contributed by atoms with Crippen molar-refractivity contribution in [3.05, 3.63) is 59.2 Å². The molecule has 0 aliphatic rings. The van der Waals surface area contributed by atoms with Gasteiger partial charge in [0.25, 0.3) is 0 Å². The third-order valence-corrected chi connectivity index (χ3v) is 2.93. The summed E-state index contributed by atoms with van der Waals surface area (Å²) in [5.41, 5.74) is 3.01. The van der Waals surface area contributed by atoms with Crippen LogP contribution in [-0.4, -0.2) is 12.2 Å². The van der Waals surface area contributed by atoms with E-state index in [-0.39, 0.29) is 6.61 Å². The van der Waals surface area contributed by atoms with Crippen molar-refractivity contribution in [2.75, 3.05) is 7.11 Å². The molecule has 0 aromatic heterocycles. The molecule has 0 radical (unpaired) electrons. The molecule has 0 fully saturated rings. The van der Waals surface area contributed by atoms with E-state index in [1.54, 1.807) is 7.11 Å². The summed E-state index contributed by atoms with van der Waals surface area (Å²) in [5.74, 6) is 1.55. The lowest BCUT2D eigenvalue weighted by Gasteiger charge is -2.09. The molecule has 0 atom stereocenters. The number of methoxy groups -OCH3 is 1. The zero-order chi connectivity index (χ0) is 13.7. The molecule has 0 bridgehead atoms. The van der Waals surface area contributed by atoms with Crippen molar-refractivity contribution in [1.29, 1.82) is 0 Å². The van der Waals surface area contributed by atoms with Gasteiger partial charge in [-0.3, -0.25) is 0 Å². The number of aliphatic hydroxyl groups is 1. The Bertz CT molecular complexity index is 549. The van der Waals surface area contributed by atoms with Gasteiger partial charge in [0.05, 0.1) is 13.2 Å². The van der Waals surface area contributed by atoms with Crippen molar-refractivity contribution in [3.63, 3.8) is 0 Å². The Balaban J connectivity index is 2.16. The molecule has 19 heavy (non-hydrogen) atoms. The molecule has 2 aromatic rings. The molecular weight excluding hydrogens is 240 g/mol. The lowest BCUT2D eigenvalue weighted by Crippen LogP contribution is -1.92. The number of aliphatic hydroxyl groups excluding tert-OH is 1. The van der Waals surface area contributed by atoms with Crippen LogP contribution in [0.5, 0.6) is 11.5 Å². The van der Waals surface area contributed by atoms with Crippen LogP contribution in [0, 0.1) is 6.92 Å². The maximum atomic E-state index is 9.14. The van der Waals surface area contributed by atoms with Crippen molar-refractivity contribution in [1.82, 2.24) is 0 Å². The van der Waals surface area contributed by atoms with Gasteiger partial charge < -0.3 is 14.6 Å². The second kappa shape index (κ2) is 6.36. The molecule has 1 N–H and O–H groups in total. The molecule has 0 saturated heterocycles. The second-order valence-corrected chi connectivity index (χ2v) is 4.43. The zero-order valence-electron chi connectivity index (χ0n) is 11.2. The first-order valence-corrected chi connectivity index (χ1v) is 6.19. The van der Waals surface area contributed by atoms with Crippen molar-refractivity contribution in [2.24, 2.45) is 0 Å². The maximum absolute atomic E-state index is 9.14. The SMILES string of the molecule is COCc1cccc(Oc2ccc(CO)c(C)c2)c1. The van der Waals surface area contributed by atoms with Crippen LogP contribution in [0.1, 0.15) is 16.7 Å². The monoisotopic (exact) mass is 258 g/mol. The van der Waals surface area contributed by atoms with E-state index >= 15 is 0 Å². The van der Waals surface area contributed by atoms with E-state index < -0.39 is 0 Å². The van der Waals surface area contributed by atoms with Crippen LogP contribution in [0.2, 0.25) is 0 Å². The molecule has 0 aliphatic carbocycles. The van der Waals surface area contributed by atoms with E-state index in [0.717, 1.165) is 28.2 Å². The van der Waals surface area contributed by atoms with Crippen LogP contribution in [0.4, 0.5) is 0 Å². The van der Waals surface area contributed by atoms with E-state index in [4.69, 9.17) is 14.6 Å². The standard InChI is InChI=1S/C16H18O3/c1-12-8-16(7-6-14(12)10-17)19-15-5-3-4-13(9-15)11-18-2/h3-9,17H,10-11H2,1-2H3. The van der Waals surface area contributed by atoms with Gasteiger partial charge in [0, 0.05) is 7.11 Å². The first-order chi connectivity index (χ1) is 9.22. The molecule has 0 saturated carbocycles. The van der Waals surface area contributed by atoms with Gasteiger partial charge in [-0.25, -0.2) is 0 Å². The predicted molar refractivity (Wildman–Crippen MR) is 74.3 cm³/mol. The topological polar surface area (TPSA) is 38.7 Å². The minimum atomic E-state index is 0.0510. The van der Waals surface area contributed by atoms with E-state index in [1.807, 2.05) is 49.4 Å². The molecular formula is C16H18O3. The number of benzene rings is 2. The highest BCUT2D eigenvalue weighted by Gasteiger charge is 2.02. The second-order valence-electron chi connectivity index (χ2n) is 4.43. The van der Waals surface area contributed by atoms with Gasteiger partial charge in [0.15, 0.2) is 0 Å². The number of aryl methyl sites for hydroxylation is 1. The van der Waals surface area contributed by atoms with Gasteiger partial charge in [0.1, 0.15) is 11.5 Å². The Morgan fingerprint density at radius 1 is 1.05 bits per heavy atom. The van der Waals surface area contributed by atoms with E-state index in [9.17, 15) is 0 Å². The number of hydrogen-bond acceptors (Lipinski definition) is 3. The van der Waals surface area contributed by atoms with Gasteiger partial charge in [-0.15, -0.1) is 0 Å². The van der Waals surface area contributed by atoms with Gasteiger partial charge >= 0.3 is 0 Å². The fourth-order valence-corrected chi connectivity index (χ4v) is 1.91. The summed E-state index contributed by atoms with van der Waals surface area (Å²) in [5, 5.41) is 9.14. The largest absolute Gasteiger partial charge is 0.457 e. The average Bonchev–Trinajstić information content (AvgIpc) is 2.40. The smallest absolute Gasteiger partial charge is 0.127 e. The molecule has 0 aliphatic heterocycles. The summed E-state index contributed by atoms with van der Waals surface area (Å²) in [7, 11) is 1.67. The summed E-state index contributed by atoms with van der Waals surface area (Å²) in [4.78, 5) is 0. The quantitative estimate of drug-likeness (QED) is 0.893. The summed E-state index contributed by atoms with van der Waals surface area (Å²) >= 11 is 0. The lowest BCUT2D eigenvalue weighted by atomic mass is 10.1. The molecule has 0 spiro atoms. The Morgan fingerprint density at radius 3 is 2.53 bits per heavy atom. The first kappa shape index (κ1) is 13.6. The number of rotatable bonds is 5. The summed E-state index contributed by atoms with van der Waals surface area (Å²) < 4.78 is 10.9. The molecule has 0 unspecified atom stereocenters. The normalized spacial score (nSPS) is 10.5. The highest BCUT2D eigenvalue weighted by Crippen LogP contribution is 2.24. The van der Waals surface area contributed by atoms with Crippen molar-refractivity contribution in [2.45, 2.75) is 20.1 Å². The molecule has 3 heteroatoms. The van der Waals surface area contributed by atoms with Crippen LogP contribution >= 0.6 is 0 Å². The van der Waals surface area contributed by atoms with Crippen LogP contribution < -0.4 is 4.74 Å². The Morgan fingerprint density at radius 2 is 1.84 bits per heavy atom.